The van der Waals surface area contributed by atoms with E-state index in [0.29, 0.717) is 23.3 Å². The molecule has 1 amide bonds. The molecule has 1 aliphatic rings. The van der Waals surface area contributed by atoms with Crippen LogP contribution in [0.15, 0.2) is 54.7 Å². The van der Waals surface area contributed by atoms with Crippen LogP contribution in [0.2, 0.25) is 0 Å². The fourth-order valence-corrected chi connectivity index (χ4v) is 5.31. The highest BCUT2D eigenvalue weighted by molar-refractivity contribution is 6.01. The number of carbonyl (C=O) groups is 1. The van der Waals surface area contributed by atoms with Crippen LogP contribution in [0.4, 0.5) is 37.8 Å². The Bertz CT molecular complexity index is 1490. The van der Waals surface area contributed by atoms with Crippen molar-refractivity contribution in [3.8, 4) is 11.1 Å². The number of carbonyl (C=O) groups excluding carboxylic acids is 1. The lowest BCUT2D eigenvalue weighted by molar-refractivity contribution is -0.143. The third kappa shape index (κ3) is 6.26. The number of nitrogens with zero attached hydrogens (tertiary/aromatic N) is 4. The Labute approximate surface area is 245 Å². The summed E-state index contributed by atoms with van der Waals surface area (Å²) in [7, 11) is 1.34. The molecule has 2 unspecified atom stereocenters. The first-order valence-corrected chi connectivity index (χ1v) is 13.4. The highest BCUT2D eigenvalue weighted by atomic mass is 19.4. The number of quaternary nitrogens is 1. The normalized spacial score (nSPS) is 20.3. The number of alkyl halides is 6. The van der Waals surface area contributed by atoms with Crippen LogP contribution < -0.4 is 9.55 Å². The molecule has 0 aliphatic carbocycles. The molecule has 3 aromatic rings. The Balaban J connectivity index is 1.82. The summed E-state index contributed by atoms with van der Waals surface area (Å²) in [5, 5.41) is 25.2. The number of aromatic nitrogens is 1. The summed E-state index contributed by atoms with van der Waals surface area (Å²) >= 11 is 0. The number of amides is 1. The van der Waals surface area contributed by atoms with Gasteiger partial charge in [-0.2, -0.15) is 31.4 Å². The van der Waals surface area contributed by atoms with E-state index in [1.807, 2.05) is 19.1 Å². The summed E-state index contributed by atoms with van der Waals surface area (Å²) in [6.45, 7) is 6.23. The van der Waals surface area contributed by atoms with Gasteiger partial charge in [0.2, 0.25) is 11.7 Å². The Hall–Kier alpha value is -3.52. The molecule has 0 spiro atoms. The number of benzene rings is 2. The first-order chi connectivity index (χ1) is 19.8. The van der Waals surface area contributed by atoms with Crippen LogP contribution in [-0.2, 0) is 22.6 Å². The lowest BCUT2D eigenvalue weighted by Crippen LogP contribution is -2.62. The van der Waals surface area contributed by atoms with Gasteiger partial charge in [-0.3, -0.25) is 4.79 Å². The molecule has 0 radical (unpaired) electrons. The molecule has 2 heterocycles. The fourth-order valence-electron chi connectivity index (χ4n) is 5.31. The molecule has 13 heteroatoms. The predicted molar refractivity (Wildman–Crippen MR) is 150 cm³/mol. The average Bonchev–Trinajstić information content (AvgIpc) is 2.93. The molecule has 2 aromatic carbocycles. The van der Waals surface area contributed by atoms with E-state index in [1.165, 1.54) is 27.1 Å². The number of rotatable bonds is 5. The Morgan fingerprint density at radius 1 is 1.00 bits per heavy atom. The van der Waals surface area contributed by atoms with Crippen molar-refractivity contribution >= 4 is 17.4 Å². The maximum Gasteiger partial charge on any atom is 0.416 e. The minimum atomic E-state index is -5.07. The van der Waals surface area contributed by atoms with Gasteiger partial charge in [0.1, 0.15) is 6.04 Å². The maximum atomic E-state index is 14.2. The van der Waals surface area contributed by atoms with Crippen LogP contribution in [0.1, 0.15) is 43.0 Å². The second-order valence-electron chi connectivity index (χ2n) is 11.4. The van der Waals surface area contributed by atoms with Crippen molar-refractivity contribution in [2.45, 2.75) is 51.5 Å². The number of aryl methyl sites for hydroxylation is 1. The monoisotopic (exact) mass is 610 g/mol. The molecule has 0 saturated carbocycles. The molecular weight excluding hydrogens is 578 g/mol. The summed E-state index contributed by atoms with van der Waals surface area (Å²) < 4.78 is 80.4. The highest BCUT2D eigenvalue weighted by Crippen LogP contribution is 2.42. The Morgan fingerprint density at radius 3 is 2.09 bits per heavy atom. The van der Waals surface area contributed by atoms with Gasteiger partial charge in [0, 0.05) is 7.05 Å². The summed E-state index contributed by atoms with van der Waals surface area (Å²) in [5.74, 6) is -0.634. The van der Waals surface area contributed by atoms with Crippen molar-refractivity contribution in [3.05, 3.63) is 82.2 Å². The van der Waals surface area contributed by atoms with E-state index in [-0.39, 0.29) is 37.2 Å². The van der Waals surface area contributed by atoms with E-state index in [2.05, 4.69) is 4.98 Å². The molecule has 7 nitrogen and oxygen atoms in total. The van der Waals surface area contributed by atoms with Gasteiger partial charge in [-0.15, -0.1) is 0 Å². The SMILES string of the molecule is Cc1ccccc1-c1cc(N(C)C(=O)C(C)(C)c2cc(C(F)(F)F)cc(C(F)(F)F)c2)cnc1[N+]1([O-])CCN(O)CC1C. The van der Waals surface area contributed by atoms with Gasteiger partial charge in [-0.25, -0.2) is 4.98 Å². The molecule has 4 rings (SSSR count). The van der Waals surface area contributed by atoms with Crippen LogP contribution >= 0.6 is 0 Å². The largest absolute Gasteiger partial charge is 0.626 e. The first kappa shape index (κ1) is 32.4. The minimum absolute atomic E-state index is 0.00177. The Morgan fingerprint density at radius 2 is 1.56 bits per heavy atom. The van der Waals surface area contributed by atoms with Gasteiger partial charge >= 0.3 is 12.4 Å². The van der Waals surface area contributed by atoms with Gasteiger partial charge in [-0.1, -0.05) is 24.3 Å². The second-order valence-corrected chi connectivity index (χ2v) is 11.4. The van der Waals surface area contributed by atoms with E-state index in [1.54, 1.807) is 25.1 Å². The number of piperazine rings is 1. The number of halogens is 6. The molecular formula is C30H32F6N4O3. The zero-order valence-electron chi connectivity index (χ0n) is 24.2. The summed E-state index contributed by atoms with van der Waals surface area (Å²) in [6, 6.07) is 9.29. The zero-order valence-corrected chi connectivity index (χ0v) is 24.2. The standard InChI is InChI=1S/C30H32F6N4O3/c1-18-8-6-7-9-24(18)25-15-23(16-37-26(25)40(43)11-10-39(42)17-19(40)2)38(5)27(41)28(3,4)20-12-21(29(31,32)33)14-22(13-20)30(34,35)36/h6-9,12-16,19,42H,10-11,17H2,1-5H3. The smallest absolute Gasteiger partial charge is 0.416 e. The topological polar surface area (TPSA) is 79.7 Å². The number of hydroxylamine groups is 4. The van der Waals surface area contributed by atoms with Crippen LogP contribution in [0.25, 0.3) is 11.1 Å². The second kappa shape index (κ2) is 11.2. The van der Waals surface area contributed by atoms with Crippen molar-refractivity contribution < 1.29 is 36.3 Å². The highest BCUT2D eigenvalue weighted by Gasteiger charge is 2.42. The van der Waals surface area contributed by atoms with Gasteiger partial charge < -0.3 is 20.0 Å². The van der Waals surface area contributed by atoms with E-state index >= 15 is 0 Å². The lowest BCUT2D eigenvalue weighted by Gasteiger charge is -2.50. The van der Waals surface area contributed by atoms with Crippen molar-refractivity contribution in [3.63, 3.8) is 0 Å². The van der Waals surface area contributed by atoms with Gasteiger partial charge in [0.25, 0.3) is 0 Å². The minimum Gasteiger partial charge on any atom is -0.626 e. The first-order valence-electron chi connectivity index (χ1n) is 13.4. The van der Waals surface area contributed by atoms with Crippen LogP contribution in [-0.4, -0.2) is 53.9 Å². The number of pyridine rings is 1. The molecule has 1 saturated heterocycles. The quantitative estimate of drug-likeness (QED) is 0.193. The molecule has 0 bridgehead atoms. The van der Waals surface area contributed by atoms with E-state index in [9.17, 15) is 41.6 Å². The fraction of sp³-hybridized carbons (Fsp3) is 0.400. The molecule has 1 fully saturated rings. The molecule has 2 atom stereocenters. The van der Waals surface area contributed by atoms with Crippen molar-refractivity contribution in [2.24, 2.45) is 0 Å². The number of anilines is 1. The zero-order chi connectivity index (χ0) is 32.1. The summed E-state index contributed by atoms with van der Waals surface area (Å²) in [6.07, 6.45) is -8.85. The Kier molecular flexibility index (Phi) is 8.44. The maximum absolute atomic E-state index is 14.2. The van der Waals surface area contributed by atoms with Gasteiger partial charge in [0.05, 0.1) is 53.6 Å². The van der Waals surface area contributed by atoms with E-state index in [4.69, 9.17) is 0 Å². The van der Waals surface area contributed by atoms with Gasteiger partial charge in [-0.05, 0) is 68.7 Å². The van der Waals surface area contributed by atoms with Crippen molar-refractivity contribution in [1.29, 1.82) is 0 Å². The van der Waals surface area contributed by atoms with Crippen LogP contribution in [0.5, 0.6) is 0 Å². The molecule has 1 aromatic heterocycles. The van der Waals surface area contributed by atoms with E-state index < -0.39 is 51.1 Å². The summed E-state index contributed by atoms with van der Waals surface area (Å²) in [4.78, 5) is 19.4. The number of hydrogen-bond acceptors (Lipinski definition) is 5. The predicted octanol–water partition coefficient (Wildman–Crippen LogP) is 6.93. The van der Waals surface area contributed by atoms with E-state index in [0.717, 1.165) is 15.5 Å². The number of likely N-dealkylation sites (N-methyl/N-ethyl adjacent to an activating group) is 1. The molecule has 1 N–H and O–H groups in total. The van der Waals surface area contributed by atoms with Crippen LogP contribution in [0, 0.1) is 12.1 Å². The molecule has 1 aliphatic heterocycles. The third-order valence-corrected chi connectivity index (χ3v) is 8.06. The molecule has 43 heavy (non-hydrogen) atoms. The van der Waals surface area contributed by atoms with Crippen molar-refractivity contribution in [1.82, 2.24) is 14.7 Å². The summed E-state index contributed by atoms with van der Waals surface area (Å²) in [5.41, 5.74) is -3.26. The lowest BCUT2D eigenvalue weighted by atomic mass is 9.81. The number of hydrogen-bond donors (Lipinski definition) is 1. The van der Waals surface area contributed by atoms with Gasteiger partial charge in [0.15, 0.2) is 0 Å². The average molecular weight is 611 g/mol. The van der Waals surface area contributed by atoms with Crippen LogP contribution in [0.3, 0.4) is 0 Å². The van der Waals surface area contributed by atoms with Crippen molar-refractivity contribution in [2.75, 3.05) is 31.6 Å². The molecule has 232 valence electrons. The third-order valence-electron chi connectivity index (χ3n) is 8.06.